The monoisotopic (exact) mass is 619 g/mol. The van der Waals surface area contributed by atoms with Gasteiger partial charge in [-0.05, 0) is 86.1 Å². The summed E-state index contributed by atoms with van der Waals surface area (Å²) in [6, 6.07) is 22.5. The highest BCUT2D eigenvalue weighted by Crippen LogP contribution is 2.36. The molecule has 1 aliphatic rings. The van der Waals surface area contributed by atoms with Gasteiger partial charge in [0.15, 0.2) is 0 Å². The first-order chi connectivity index (χ1) is 22.4. The van der Waals surface area contributed by atoms with Crippen molar-refractivity contribution in [3.05, 3.63) is 126 Å². The molecular formula is C35H28F3N7O. The van der Waals surface area contributed by atoms with Gasteiger partial charge in [-0.15, -0.1) is 0 Å². The Morgan fingerprint density at radius 1 is 0.826 bits per heavy atom. The predicted octanol–water partition coefficient (Wildman–Crippen LogP) is 7.47. The number of amides is 1. The van der Waals surface area contributed by atoms with Crippen LogP contribution in [-0.2, 0) is 6.54 Å². The Kier molecular flexibility index (Phi) is 7.90. The van der Waals surface area contributed by atoms with Crippen LogP contribution in [0.4, 0.5) is 30.5 Å². The molecule has 1 aliphatic heterocycles. The van der Waals surface area contributed by atoms with Gasteiger partial charge in [0.2, 0.25) is 5.95 Å². The highest BCUT2D eigenvalue weighted by molar-refractivity contribution is 6.05. The second-order valence-corrected chi connectivity index (χ2v) is 11.1. The lowest BCUT2D eigenvalue weighted by molar-refractivity contribution is 0.101. The third-order valence-corrected chi connectivity index (χ3v) is 7.89. The molecule has 4 heterocycles. The van der Waals surface area contributed by atoms with Crippen molar-refractivity contribution in [2.45, 2.75) is 19.4 Å². The van der Waals surface area contributed by atoms with Crippen LogP contribution in [-0.4, -0.2) is 43.5 Å². The quantitative estimate of drug-likeness (QED) is 0.184. The Bertz CT molecular complexity index is 2050. The molecule has 1 amide bonds. The van der Waals surface area contributed by atoms with E-state index in [1.807, 2.05) is 12.1 Å². The van der Waals surface area contributed by atoms with E-state index < -0.39 is 28.9 Å². The molecule has 0 aliphatic carbocycles. The second kappa shape index (κ2) is 12.4. The topological polar surface area (TPSA) is 87.5 Å². The summed E-state index contributed by atoms with van der Waals surface area (Å²) in [5, 5.41) is 10.5. The first-order valence-electron chi connectivity index (χ1n) is 14.9. The summed E-state index contributed by atoms with van der Waals surface area (Å²) in [5.41, 5.74) is 3.53. The lowest BCUT2D eigenvalue weighted by atomic mass is 10.0. The van der Waals surface area contributed by atoms with Crippen LogP contribution in [0.25, 0.3) is 28.0 Å². The van der Waals surface area contributed by atoms with Crippen LogP contribution in [0.3, 0.4) is 0 Å². The molecule has 6 aromatic rings. The van der Waals surface area contributed by atoms with E-state index in [9.17, 15) is 13.6 Å². The van der Waals surface area contributed by atoms with Gasteiger partial charge in [-0.3, -0.25) is 9.69 Å². The van der Waals surface area contributed by atoms with Gasteiger partial charge in [-0.2, -0.15) is 5.10 Å². The Balaban J connectivity index is 1.23. The minimum Gasteiger partial charge on any atom is -0.324 e. The molecule has 46 heavy (non-hydrogen) atoms. The van der Waals surface area contributed by atoms with Crippen LogP contribution in [0.5, 0.6) is 0 Å². The first-order valence-corrected chi connectivity index (χ1v) is 14.9. The summed E-state index contributed by atoms with van der Waals surface area (Å²) in [7, 11) is 0. The second-order valence-electron chi connectivity index (χ2n) is 11.1. The zero-order valence-electron chi connectivity index (χ0n) is 24.6. The van der Waals surface area contributed by atoms with E-state index in [2.05, 4.69) is 37.7 Å². The number of aromatic nitrogens is 4. The van der Waals surface area contributed by atoms with Crippen LogP contribution in [0.2, 0.25) is 0 Å². The van der Waals surface area contributed by atoms with E-state index >= 15 is 4.39 Å². The molecule has 1 fully saturated rings. The summed E-state index contributed by atoms with van der Waals surface area (Å²) in [6.45, 7) is 3.07. The number of pyridine rings is 1. The first kappa shape index (κ1) is 29.2. The number of likely N-dealkylation sites (tertiary alicyclic amines) is 1. The average molecular weight is 620 g/mol. The number of hydrogen-bond acceptors (Lipinski definition) is 6. The van der Waals surface area contributed by atoms with Gasteiger partial charge in [0.1, 0.15) is 34.2 Å². The Labute approximate surface area is 262 Å². The van der Waals surface area contributed by atoms with E-state index in [0.29, 0.717) is 28.5 Å². The molecule has 1 saturated heterocycles. The van der Waals surface area contributed by atoms with Crippen LogP contribution in [0.1, 0.15) is 28.8 Å². The van der Waals surface area contributed by atoms with E-state index in [4.69, 9.17) is 4.98 Å². The van der Waals surface area contributed by atoms with E-state index in [1.165, 1.54) is 35.1 Å². The van der Waals surface area contributed by atoms with Crippen LogP contribution in [0.15, 0.2) is 97.3 Å². The number of hydrogen-bond donors (Lipinski definition) is 2. The molecule has 3 aromatic heterocycles. The number of benzene rings is 3. The number of nitrogens with zero attached hydrogens (tertiary/aromatic N) is 5. The molecule has 0 atom stereocenters. The summed E-state index contributed by atoms with van der Waals surface area (Å²) in [6.07, 6.45) is 5.66. The lowest BCUT2D eigenvalue weighted by Crippen LogP contribution is -2.18. The average Bonchev–Trinajstić information content (AvgIpc) is 3.70. The van der Waals surface area contributed by atoms with Gasteiger partial charge in [-0.1, -0.05) is 30.3 Å². The van der Waals surface area contributed by atoms with Crippen molar-refractivity contribution >= 4 is 28.7 Å². The number of nitrogens with one attached hydrogen (secondary N) is 2. The van der Waals surface area contributed by atoms with E-state index in [1.54, 1.807) is 48.8 Å². The van der Waals surface area contributed by atoms with Gasteiger partial charge >= 0.3 is 0 Å². The van der Waals surface area contributed by atoms with Crippen molar-refractivity contribution in [1.82, 2.24) is 24.5 Å². The van der Waals surface area contributed by atoms with Crippen molar-refractivity contribution in [1.29, 1.82) is 0 Å². The highest BCUT2D eigenvalue weighted by Gasteiger charge is 2.22. The molecule has 230 valence electrons. The molecule has 0 bridgehead atoms. The van der Waals surface area contributed by atoms with Crippen molar-refractivity contribution in [2.75, 3.05) is 23.7 Å². The minimum absolute atomic E-state index is 0.206. The summed E-state index contributed by atoms with van der Waals surface area (Å²) < 4.78 is 45.3. The fourth-order valence-electron chi connectivity index (χ4n) is 5.79. The fraction of sp³-hybridized carbons (Fsp3) is 0.143. The molecule has 11 heteroatoms. The van der Waals surface area contributed by atoms with Crippen molar-refractivity contribution in [3.63, 3.8) is 0 Å². The molecule has 0 saturated carbocycles. The Hall–Kier alpha value is -5.55. The van der Waals surface area contributed by atoms with E-state index in [0.717, 1.165) is 37.5 Å². The SMILES string of the molecule is O=C(Nc1cccc(-c2nn3cccc(F)c3c2-c2ccnc(Nc3cccc(CN4CCCC4)c3)n2)c1)c1c(F)cccc1F. The molecule has 3 aromatic carbocycles. The largest absolute Gasteiger partial charge is 0.324 e. The maximum Gasteiger partial charge on any atom is 0.261 e. The summed E-state index contributed by atoms with van der Waals surface area (Å²) in [4.78, 5) is 24.4. The van der Waals surface area contributed by atoms with Gasteiger partial charge in [0, 0.05) is 35.9 Å². The number of carbonyl (C=O) groups excluding carboxylic acids is 1. The van der Waals surface area contributed by atoms with E-state index in [-0.39, 0.29) is 11.2 Å². The summed E-state index contributed by atoms with van der Waals surface area (Å²) in [5.74, 6) is -3.06. The molecule has 7 rings (SSSR count). The molecule has 0 spiro atoms. The number of fused-ring (bicyclic) bond motifs is 1. The number of rotatable bonds is 8. The van der Waals surface area contributed by atoms with Gasteiger partial charge in [-0.25, -0.2) is 27.7 Å². The van der Waals surface area contributed by atoms with Gasteiger partial charge in [0.25, 0.3) is 5.91 Å². The maximum atomic E-state index is 15.4. The third-order valence-electron chi connectivity index (χ3n) is 7.89. The normalized spacial score (nSPS) is 13.3. The van der Waals surface area contributed by atoms with Crippen molar-refractivity contribution in [3.8, 4) is 22.5 Å². The van der Waals surface area contributed by atoms with Crippen LogP contribution >= 0.6 is 0 Å². The number of anilines is 3. The van der Waals surface area contributed by atoms with Crippen molar-refractivity contribution < 1.29 is 18.0 Å². The maximum absolute atomic E-state index is 15.4. The molecular weight excluding hydrogens is 591 g/mol. The number of carbonyl (C=O) groups is 1. The smallest absolute Gasteiger partial charge is 0.261 e. The van der Waals surface area contributed by atoms with Crippen LogP contribution < -0.4 is 10.6 Å². The summed E-state index contributed by atoms with van der Waals surface area (Å²) >= 11 is 0. The number of halogens is 3. The highest BCUT2D eigenvalue weighted by atomic mass is 19.1. The fourth-order valence-corrected chi connectivity index (χ4v) is 5.79. The van der Waals surface area contributed by atoms with Crippen molar-refractivity contribution in [2.24, 2.45) is 0 Å². The molecule has 0 unspecified atom stereocenters. The van der Waals surface area contributed by atoms with Crippen LogP contribution in [0, 0.1) is 17.5 Å². The zero-order chi connectivity index (χ0) is 31.6. The van der Waals surface area contributed by atoms with Gasteiger partial charge < -0.3 is 10.6 Å². The standard InChI is InChI=1S/C35H28F3N7O/c36-26-11-5-12-27(37)30(26)34(46)40-25-10-4-8-23(20-25)32-31(33-28(38)13-6-18-45(33)43-32)29-14-15-39-35(42-29)41-24-9-3-7-22(19-24)21-44-16-1-2-17-44/h3-15,18-20H,1-2,16-17,21H2,(H,40,46)(H,39,41,42). The Morgan fingerprint density at radius 3 is 2.39 bits per heavy atom. The molecule has 8 nitrogen and oxygen atoms in total. The lowest BCUT2D eigenvalue weighted by Gasteiger charge is -2.15. The predicted molar refractivity (Wildman–Crippen MR) is 170 cm³/mol. The van der Waals surface area contributed by atoms with Gasteiger partial charge in [0.05, 0.1) is 11.3 Å². The Morgan fingerprint density at radius 2 is 1.57 bits per heavy atom. The molecule has 0 radical (unpaired) electrons. The minimum atomic E-state index is -0.974. The molecule has 2 N–H and O–H groups in total. The zero-order valence-corrected chi connectivity index (χ0v) is 24.6. The third kappa shape index (κ3) is 5.92.